The van der Waals surface area contributed by atoms with E-state index in [-0.39, 0.29) is 0 Å². The van der Waals surface area contributed by atoms with E-state index in [1.807, 2.05) is 11.3 Å². The summed E-state index contributed by atoms with van der Waals surface area (Å²) in [6.07, 6.45) is 1.11. The van der Waals surface area contributed by atoms with Crippen molar-refractivity contribution in [2.45, 2.75) is 13.0 Å². The first-order valence-corrected chi connectivity index (χ1v) is 8.59. The molecule has 3 rings (SSSR count). The minimum atomic E-state index is 0.960. The summed E-state index contributed by atoms with van der Waals surface area (Å²) in [4.78, 5) is 1.40. The van der Waals surface area contributed by atoms with Crippen molar-refractivity contribution in [3.8, 4) is 11.1 Å². The van der Waals surface area contributed by atoms with Gasteiger partial charge < -0.3 is 5.32 Å². The lowest BCUT2D eigenvalue weighted by Gasteiger charge is -2.01. The molecule has 0 radical (unpaired) electrons. The highest BCUT2D eigenvalue weighted by molar-refractivity contribution is 7.10. The standard InChI is InChI=1S/C17H17NS2/c1-2-4-15(5-3-1)16-10-17(20-13-16)11-18-8-6-14-7-9-19-12-14/h1-5,7,9-10,12-13,18H,6,8,11H2. The first-order valence-electron chi connectivity index (χ1n) is 6.76. The number of nitrogens with one attached hydrogen (secondary N) is 1. The number of hydrogen-bond donors (Lipinski definition) is 1. The predicted molar refractivity (Wildman–Crippen MR) is 89.5 cm³/mol. The van der Waals surface area contributed by atoms with Crippen molar-refractivity contribution < 1.29 is 0 Å². The molecule has 3 heteroatoms. The molecule has 0 amide bonds. The fourth-order valence-corrected chi connectivity index (χ4v) is 3.70. The molecule has 0 aliphatic heterocycles. The van der Waals surface area contributed by atoms with E-state index in [1.54, 1.807) is 11.3 Å². The van der Waals surface area contributed by atoms with Gasteiger partial charge in [-0.05, 0) is 57.9 Å². The van der Waals surface area contributed by atoms with Crippen molar-refractivity contribution in [3.05, 3.63) is 69.0 Å². The number of hydrogen-bond acceptors (Lipinski definition) is 3. The van der Waals surface area contributed by atoms with E-state index in [0.717, 1.165) is 19.5 Å². The van der Waals surface area contributed by atoms with Crippen LogP contribution in [-0.2, 0) is 13.0 Å². The Kier molecular flexibility index (Phi) is 4.64. The molecule has 20 heavy (non-hydrogen) atoms. The Bertz CT molecular complexity index is 626. The van der Waals surface area contributed by atoms with Crippen LogP contribution >= 0.6 is 22.7 Å². The van der Waals surface area contributed by atoms with Crippen molar-refractivity contribution in [2.75, 3.05) is 6.54 Å². The second-order valence-corrected chi connectivity index (χ2v) is 6.50. The molecule has 2 aromatic heterocycles. The van der Waals surface area contributed by atoms with Crippen LogP contribution < -0.4 is 5.32 Å². The van der Waals surface area contributed by atoms with Gasteiger partial charge in [0.15, 0.2) is 0 Å². The summed E-state index contributed by atoms with van der Waals surface area (Å²) in [6, 6.07) is 15.1. The van der Waals surface area contributed by atoms with Gasteiger partial charge in [-0.3, -0.25) is 0 Å². The largest absolute Gasteiger partial charge is 0.312 e. The predicted octanol–water partition coefficient (Wildman–Crippen LogP) is 4.81. The van der Waals surface area contributed by atoms with Gasteiger partial charge in [0, 0.05) is 11.4 Å². The van der Waals surface area contributed by atoms with Crippen LogP contribution in [0.2, 0.25) is 0 Å². The molecule has 0 saturated carbocycles. The highest BCUT2D eigenvalue weighted by Crippen LogP contribution is 2.25. The van der Waals surface area contributed by atoms with Crippen molar-refractivity contribution in [1.29, 1.82) is 0 Å². The van der Waals surface area contributed by atoms with E-state index in [1.165, 1.54) is 21.6 Å². The molecule has 0 unspecified atom stereocenters. The van der Waals surface area contributed by atoms with Crippen LogP contribution in [0.4, 0.5) is 0 Å². The van der Waals surface area contributed by atoms with E-state index in [9.17, 15) is 0 Å². The summed E-state index contributed by atoms with van der Waals surface area (Å²) in [6.45, 7) is 2.00. The fourth-order valence-electron chi connectivity index (χ4n) is 2.13. The molecule has 0 atom stereocenters. The average molecular weight is 299 g/mol. The number of rotatable bonds is 6. The normalized spacial score (nSPS) is 10.8. The van der Waals surface area contributed by atoms with Crippen molar-refractivity contribution in [1.82, 2.24) is 5.32 Å². The molecule has 0 aliphatic carbocycles. The number of benzene rings is 1. The van der Waals surface area contributed by atoms with Gasteiger partial charge in [-0.2, -0.15) is 11.3 Å². The topological polar surface area (TPSA) is 12.0 Å². The third kappa shape index (κ3) is 3.57. The maximum atomic E-state index is 3.52. The Morgan fingerprint density at radius 1 is 0.950 bits per heavy atom. The first-order chi connectivity index (χ1) is 9.92. The van der Waals surface area contributed by atoms with Gasteiger partial charge in [0.1, 0.15) is 0 Å². The molecule has 3 aromatic rings. The smallest absolute Gasteiger partial charge is 0.0300 e. The summed E-state index contributed by atoms with van der Waals surface area (Å²) in [5.41, 5.74) is 4.05. The molecule has 1 aromatic carbocycles. The van der Waals surface area contributed by atoms with Crippen molar-refractivity contribution in [3.63, 3.8) is 0 Å². The van der Waals surface area contributed by atoms with Crippen LogP contribution in [0.25, 0.3) is 11.1 Å². The highest BCUT2D eigenvalue weighted by atomic mass is 32.1. The van der Waals surface area contributed by atoms with Crippen LogP contribution in [-0.4, -0.2) is 6.54 Å². The Morgan fingerprint density at radius 2 is 1.85 bits per heavy atom. The molecular weight excluding hydrogens is 282 g/mol. The van der Waals surface area contributed by atoms with E-state index >= 15 is 0 Å². The lowest BCUT2D eigenvalue weighted by Crippen LogP contribution is -2.15. The molecule has 102 valence electrons. The van der Waals surface area contributed by atoms with Gasteiger partial charge >= 0.3 is 0 Å². The molecule has 0 aliphatic rings. The van der Waals surface area contributed by atoms with Gasteiger partial charge in [-0.1, -0.05) is 30.3 Å². The lowest BCUT2D eigenvalue weighted by atomic mass is 10.1. The van der Waals surface area contributed by atoms with E-state index in [0.29, 0.717) is 0 Å². The van der Waals surface area contributed by atoms with Crippen LogP contribution in [0.15, 0.2) is 58.6 Å². The van der Waals surface area contributed by atoms with E-state index < -0.39 is 0 Å². The maximum absolute atomic E-state index is 3.52. The zero-order valence-electron chi connectivity index (χ0n) is 11.2. The fraction of sp³-hybridized carbons (Fsp3) is 0.176. The zero-order chi connectivity index (χ0) is 13.6. The molecular formula is C17H17NS2. The third-order valence-electron chi connectivity index (χ3n) is 3.23. The number of thiophene rings is 2. The summed E-state index contributed by atoms with van der Waals surface area (Å²) in [7, 11) is 0. The molecule has 0 bridgehead atoms. The van der Waals surface area contributed by atoms with Gasteiger partial charge in [0.05, 0.1) is 0 Å². The maximum Gasteiger partial charge on any atom is 0.0300 e. The Labute approximate surface area is 127 Å². The zero-order valence-corrected chi connectivity index (χ0v) is 12.8. The SMILES string of the molecule is c1ccc(-c2csc(CNCCc3ccsc3)c2)cc1. The summed E-state index contributed by atoms with van der Waals surface area (Å²) in [5, 5.41) is 10.1. The van der Waals surface area contributed by atoms with Crippen LogP contribution in [0.3, 0.4) is 0 Å². The Balaban J connectivity index is 1.50. The third-order valence-corrected chi connectivity index (χ3v) is 4.90. The molecule has 1 N–H and O–H groups in total. The van der Waals surface area contributed by atoms with Gasteiger partial charge in [-0.15, -0.1) is 11.3 Å². The quantitative estimate of drug-likeness (QED) is 0.644. The monoisotopic (exact) mass is 299 g/mol. The molecule has 0 fully saturated rings. The van der Waals surface area contributed by atoms with Gasteiger partial charge in [-0.25, -0.2) is 0 Å². The van der Waals surface area contributed by atoms with E-state index in [2.05, 4.69) is 63.9 Å². The van der Waals surface area contributed by atoms with Gasteiger partial charge in [0.25, 0.3) is 0 Å². The first kappa shape index (κ1) is 13.6. The van der Waals surface area contributed by atoms with Crippen molar-refractivity contribution in [2.24, 2.45) is 0 Å². The minimum absolute atomic E-state index is 0.960. The van der Waals surface area contributed by atoms with Crippen LogP contribution in [0.1, 0.15) is 10.4 Å². The minimum Gasteiger partial charge on any atom is -0.312 e. The summed E-state index contributed by atoms with van der Waals surface area (Å²) >= 11 is 3.60. The summed E-state index contributed by atoms with van der Waals surface area (Å²) < 4.78 is 0. The average Bonchev–Trinajstić information content (AvgIpc) is 3.16. The van der Waals surface area contributed by atoms with Crippen LogP contribution in [0, 0.1) is 0 Å². The lowest BCUT2D eigenvalue weighted by molar-refractivity contribution is 0.694. The Morgan fingerprint density at radius 3 is 2.65 bits per heavy atom. The van der Waals surface area contributed by atoms with E-state index in [4.69, 9.17) is 0 Å². The molecule has 2 heterocycles. The van der Waals surface area contributed by atoms with Crippen LogP contribution in [0.5, 0.6) is 0 Å². The highest BCUT2D eigenvalue weighted by Gasteiger charge is 2.02. The molecule has 1 nitrogen and oxygen atoms in total. The molecule has 0 spiro atoms. The Hall–Kier alpha value is -1.42. The van der Waals surface area contributed by atoms with Gasteiger partial charge in [0.2, 0.25) is 0 Å². The van der Waals surface area contributed by atoms with Crippen molar-refractivity contribution >= 4 is 22.7 Å². The second kappa shape index (κ2) is 6.84. The summed E-state index contributed by atoms with van der Waals surface area (Å²) in [5.74, 6) is 0. The molecule has 0 saturated heterocycles. The second-order valence-electron chi connectivity index (χ2n) is 4.73.